The SMILES string of the molecule is Cl.NC1Cc2ccsc2C1. The van der Waals surface area contributed by atoms with E-state index in [1.165, 1.54) is 10.4 Å². The summed E-state index contributed by atoms with van der Waals surface area (Å²) in [5.41, 5.74) is 7.22. The molecule has 2 rings (SSSR count). The lowest BCUT2D eigenvalue weighted by Crippen LogP contribution is -2.19. The second-order valence-corrected chi connectivity index (χ2v) is 3.54. The lowest BCUT2D eigenvalue weighted by Gasteiger charge is -1.95. The summed E-state index contributed by atoms with van der Waals surface area (Å²) in [4.78, 5) is 1.50. The van der Waals surface area contributed by atoms with Gasteiger partial charge in [-0.1, -0.05) is 0 Å². The summed E-state index contributed by atoms with van der Waals surface area (Å²) in [7, 11) is 0. The van der Waals surface area contributed by atoms with E-state index in [2.05, 4.69) is 11.4 Å². The van der Waals surface area contributed by atoms with E-state index >= 15 is 0 Å². The molecule has 0 saturated heterocycles. The Bertz CT molecular complexity index is 201. The summed E-state index contributed by atoms with van der Waals surface area (Å²) in [5, 5.41) is 2.15. The van der Waals surface area contributed by atoms with Crippen LogP contribution in [0.5, 0.6) is 0 Å². The second-order valence-electron chi connectivity index (χ2n) is 2.54. The van der Waals surface area contributed by atoms with Gasteiger partial charge in [0.15, 0.2) is 0 Å². The second kappa shape index (κ2) is 2.91. The maximum Gasteiger partial charge on any atom is 0.0128 e. The van der Waals surface area contributed by atoms with Crippen LogP contribution in [0.2, 0.25) is 0 Å². The number of fused-ring (bicyclic) bond motifs is 1. The summed E-state index contributed by atoms with van der Waals surface area (Å²) >= 11 is 1.84. The van der Waals surface area contributed by atoms with Gasteiger partial charge < -0.3 is 5.73 Å². The minimum atomic E-state index is 0. The highest BCUT2D eigenvalue weighted by molar-refractivity contribution is 7.10. The van der Waals surface area contributed by atoms with Crippen LogP contribution in [0, 0.1) is 0 Å². The quantitative estimate of drug-likeness (QED) is 0.637. The van der Waals surface area contributed by atoms with Crippen LogP contribution in [-0.2, 0) is 12.8 Å². The van der Waals surface area contributed by atoms with Crippen molar-refractivity contribution in [2.45, 2.75) is 18.9 Å². The van der Waals surface area contributed by atoms with Gasteiger partial charge in [0.1, 0.15) is 0 Å². The highest BCUT2D eigenvalue weighted by atomic mass is 35.5. The predicted molar refractivity (Wildman–Crippen MR) is 47.0 cm³/mol. The van der Waals surface area contributed by atoms with Gasteiger partial charge in [0.2, 0.25) is 0 Å². The summed E-state index contributed by atoms with van der Waals surface area (Å²) in [6.07, 6.45) is 2.20. The summed E-state index contributed by atoms with van der Waals surface area (Å²) in [6, 6.07) is 2.60. The molecule has 0 spiro atoms. The van der Waals surface area contributed by atoms with Crippen LogP contribution in [0.3, 0.4) is 0 Å². The first-order chi connectivity index (χ1) is 4.36. The molecule has 0 aromatic carbocycles. The van der Waals surface area contributed by atoms with Crippen molar-refractivity contribution in [3.63, 3.8) is 0 Å². The molecule has 56 valence electrons. The lowest BCUT2D eigenvalue weighted by atomic mass is 10.2. The van der Waals surface area contributed by atoms with Gasteiger partial charge in [-0.25, -0.2) is 0 Å². The molecular formula is C7H10ClNS. The monoisotopic (exact) mass is 175 g/mol. The van der Waals surface area contributed by atoms with Crippen molar-refractivity contribution in [2.24, 2.45) is 5.73 Å². The fourth-order valence-corrected chi connectivity index (χ4v) is 2.33. The molecule has 1 atom stereocenters. The molecule has 0 radical (unpaired) electrons. The summed E-state index contributed by atoms with van der Waals surface area (Å²) in [6.45, 7) is 0. The third-order valence-corrected chi connectivity index (χ3v) is 2.75. The van der Waals surface area contributed by atoms with Crippen LogP contribution in [0.4, 0.5) is 0 Å². The number of thiophene rings is 1. The van der Waals surface area contributed by atoms with E-state index in [-0.39, 0.29) is 12.4 Å². The van der Waals surface area contributed by atoms with Crippen molar-refractivity contribution in [1.82, 2.24) is 0 Å². The Morgan fingerprint density at radius 1 is 1.50 bits per heavy atom. The number of halogens is 1. The van der Waals surface area contributed by atoms with Crippen LogP contribution >= 0.6 is 23.7 Å². The fourth-order valence-electron chi connectivity index (χ4n) is 1.32. The third-order valence-electron chi connectivity index (χ3n) is 1.77. The zero-order valence-corrected chi connectivity index (χ0v) is 7.17. The summed E-state index contributed by atoms with van der Waals surface area (Å²) < 4.78 is 0. The van der Waals surface area contributed by atoms with Crippen molar-refractivity contribution in [2.75, 3.05) is 0 Å². The topological polar surface area (TPSA) is 26.0 Å². The molecule has 1 nitrogen and oxygen atoms in total. The van der Waals surface area contributed by atoms with Crippen molar-refractivity contribution in [1.29, 1.82) is 0 Å². The van der Waals surface area contributed by atoms with Crippen LogP contribution in [-0.4, -0.2) is 6.04 Å². The van der Waals surface area contributed by atoms with E-state index in [0.717, 1.165) is 12.8 Å². The average Bonchev–Trinajstić information content (AvgIpc) is 2.22. The molecule has 0 fully saturated rings. The van der Waals surface area contributed by atoms with Crippen molar-refractivity contribution in [3.05, 3.63) is 21.9 Å². The molecule has 0 amide bonds. The van der Waals surface area contributed by atoms with Gasteiger partial charge in [0, 0.05) is 10.9 Å². The Labute approximate surface area is 70.7 Å². The molecule has 1 aromatic heterocycles. The largest absolute Gasteiger partial charge is 0.327 e. The first kappa shape index (κ1) is 8.05. The lowest BCUT2D eigenvalue weighted by molar-refractivity contribution is 0.723. The molecule has 1 aromatic rings. The number of nitrogens with two attached hydrogens (primary N) is 1. The first-order valence-corrected chi connectivity index (χ1v) is 4.05. The number of hydrogen-bond acceptors (Lipinski definition) is 2. The van der Waals surface area contributed by atoms with Gasteiger partial charge in [-0.15, -0.1) is 23.7 Å². The van der Waals surface area contributed by atoms with Crippen LogP contribution in [0.25, 0.3) is 0 Å². The normalized spacial score (nSPS) is 21.9. The zero-order valence-electron chi connectivity index (χ0n) is 5.54. The van der Waals surface area contributed by atoms with Crippen LogP contribution in [0.15, 0.2) is 11.4 Å². The average molecular weight is 176 g/mol. The van der Waals surface area contributed by atoms with Crippen molar-refractivity contribution >= 4 is 23.7 Å². The van der Waals surface area contributed by atoms with Gasteiger partial charge in [-0.3, -0.25) is 0 Å². The van der Waals surface area contributed by atoms with E-state index in [1.54, 1.807) is 0 Å². The molecule has 2 N–H and O–H groups in total. The molecule has 0 aliphatic heterocycles. The molecule has 10 heavy (non-hydrogen) atoms. The van der Waals surface area contributed by atoms with Crippen LogP contribution < -0.4 is 5.73 Å². The van der Waals surface area contributed by atoms with Gasteiger partial charge in [-0.05, 0) is 29.9 Å². The maximum absolute atomic E-state index is 5.74. The van der Waals surface area contributed by atoms with Gasteiger partial charge in [-0.2, -0.15) is 0 Å². The number of hydrogen-bond donors (Lipinski definition) is 1. The standard InChI is InChI=1S/C7H9NS.ClH/c8-6-3-5-1-2-9-7(5)4-6;/h1-2,6H,3-4,8H2;1H. The molecule has 1 heterocycles. The van der Waals surface area contributed by atoms with E-state index in [9.17, 15) is 0 Å². The molecule has 1 aliphatic carbocycles. The highest BCUT2D eigenvalue weighted by Crippen LogP contribution is 2.25. The molecule has 3 heteroatoms. The first-order valence-electron chi connectivity index (χ1n) is 3.17. The molecule has 1 aliphatic rings. The Morgan fingerprint density at radius 3 is 3.00 bits per heavy atom. The zero-order chi connectivity index (χ0) is 6.27. The Kier molecular flexibility index (Phi) is 2.34. The molecule has 0 bridgehead atoms. The predicted octanol–water partition coefficient (Wildman–Crippen LogP) is 1.60. The van der Waals surface area contributed by atoms with Crippen molar-refractivity contribution < 1.29 is 0 Å². The summed E-state index contributed by atoms with van der Waals surface area (Å²) in [5.74, 6) is 0. The Hall–Kier alpha value is -0.0500. The van der Waals surface area contributed by atoms with Crippen LogP contribution in [0.1, 0.15) is 10.4 Å². The Morgan fingerprint density at radius 2 is 2.30 bits per heavy atom. The molecule has 0 saturated carbocycles. The highest BCUT2D eigenvalue weighted by Gasteiger charge is 2.17. The van der Waals surface area contributed by atoms with E-state index in [1.807, 2.05) is 11.3 Å². The van der Waals surface area contributed by atoms with E-state index in [0.29, 0.717) is 6.04 Å². The van der Waals surface area contributed by atoms with Gasteiger partial charge >= 0.3 is 0 Å². The minimum absolute atomic E-state index is 0. The van der Waals surface area contributed by atoms with E-state index < -0.39 is 0 Å². The minimum Gasteiger partial charge on any atom is -0.327 e. The third kappa shape index (κ3) is 1.19. The molecule has 1 unspecified atom stereocenters. The number of rotatable bonds is 0. The van der Waals surface area contributed by atoms with E-state index in [4.69, 9.17) is 5.73 Å². The maximum atomic E-state index is 5.74. The van der Waals surface area contributed by atoms with Gasteiger partial charge in [0.05, 0.1) is 0 Å². The Balaban J connectivity index is 0.000000500. The van der Waals surface area contributed by atoms with Crippen molar-refractivity contribution in [3.8, 4) is 0 Å². The fraction of sp³-hybridized carbons (Fsp3) is 0.429. The smallest absolute Gasteiger partial charge is 0.0128 e. The van der Waals surface area contributed by atoms with Gasteiger partial charge in [0.25, 0.3) is 0 Å². The molecular weight excluding hydrogens is 166 g/mol.